The number of carbonyl (C=O) groups excluding carboxylic acids is 2. The number of nitrogens with zero attached hydrogens (tertiary/aromatic N) is 1. The summed E-state index contributed by atoms with van der Waals surface area (Å²) in [4.78, 5) is 24.2. The first kappa shape index (κ1) is 10.6. The highest BCUT2D eigenvalue weighted by molar-refractivity contribution is 5.98. The van der Waals surface area contributed by atoms with Gasteiger partial charge in [-0.1, -0.05) is 0 Å². The molecule has 0 aromatic carbocycles. The van der Waals surface area contributed by atoms with Crippen LogP contribution < -0.4 is 5.32 Å². The van der Waals surface area contributed by atoms with Gasteiger partial charge in [-0.2, -0.15) is 0 Å². The fourth-order valence-electron chi connectivity index (χ4n) is 2.06. The molecule has 2 heterocycles. The summed E-state index contributed by atoms with van der Waals surface area (Å²) in [5, 5.41) is 3.27. The van der Waals surface area contributed by atoms with Crippen LogP contribution in [0, 0.1) is 5.92 Å². The number of nitrogens with one attached hydrogen (secondary N) is 1. The van der Waals surface area contributed by atoms with Gasteiger partial charge in [-0.05, 0) is 31.8 Å². The summed E-state index contributed by atoms with van der Waals surface area (Å²) in [5.74, 6) is 0.0124. The highest BCUT2D eigenvalue weighted by atomic mass is 16.5. The SMILES string of the molecule is O=C1COCC(=O)N1C[C@H]1CCCNC1. The smallest absolute Gasteiger partial charge is 0.255 e. The highest BCUT2D eigenvalue weighted by Crippen LogP contribution is 2.13. The van der Waals surface area contributed by atoms with E-state index in [1.807, 2.05) is 0 Å². The average molecular weight is 212 g/mol. The number of imide groups is 1. The van der Waals surface area contributed by atoms with Crippen LogP contribution in [0.15, 0.2) is 0 Å². The molecule has 1 atom stereocenters. The standard InChI is InChI=1S/C10H16N2O3/c13-9-6-15-7-10(14)12(9)5-8-2-1-3-11-4-8/h8,11H,1-7H2/t8-/m0/s1. The van der Waals surface area contributed by atoms with Crippen LogP contribution in [-0.4, -0.2) is 49.6 Å². The van der Waals surface area contributed by atoms with Crippen LogP contribution in [0.4, 0.5) is 0 Å². The second kappa shape index (κ2) is 4.72. The maximum atomic E-state index is 11.4. The molecule has 15 heavy (non-hydrogen) atoms. The number of amides is 2. The molecule has 0 aliphatic carbocycles. The van der Waals surface area contributed by atoms with E-state index in [-0.39, 0.29) is 25.0 Å². The third-order valence-electron chi connectivity index (χ3n) is 2.89. The van der Waals surface area contributed by atoms with Gasteiger partial charge in [0, 0.05) is 6.54 Å². The van der Waals surface area contributed by atoms with E-state index < -0.39 is 0 Å². The van der Waals surface area contributed by atoms with Gasteiger partial charge in [-0.3, -0.25) is 14.5 Å². The zero-order valence-corrected chi connectivity index (χ0v) is 8.70. The first-order valence-electron chi connectivity index (χ1n) is 5.39. The van der Waals surface area contributed by atoms with Crippen LogP contribution in [0.1, 0.15) is 12.8 Å². The van der Waals surface area contributed by atoms with Crippen LogP contribution in [0.25, 0.3) is 0 Å². The van der Waals surface area contributed by atoms with Gasteiger partial charge in [0.15, 0.2) is 0 Å². The predicted octanol–water partition coefficient (Wildman–Crippen LogP) is -0.629. The second-order valence-electron chi connectivity index (χ2n) is 4.10. The maximum absolute atomic E-state index is 11.4. The van der Waals surface area contributed by atoms with Gasteiger partial charge >= 0.3 is 0 Å². The molecular weight excluding hydrogens is 196 g/mol. The molecule has 2 rings (SSSR count). The van der Waals surface area contributed by atoms with Crippen LogP contribution in [-0.2, 0) is 14.3 Å². The number of ether oxygens (including phenoxy) is 1. The Bertz CT molecular complexity index is 245. The molecule has 2 amide bonds. The van der Waals surface area contributed by atoms with E-state index in [0.717, 1.165) is 25.9 Å². The third kappa shape index (κ3) is 2.54. The van der Waals surface area contributed by atoms with Crippen molar-refractivity contribution < 1.29 is 14.3 Å². The molecule has 2 aliphatic heterocycles. The van der Waals surface area contributed by atoms with Gasteiger partial charge in [0.2, 0.25) is 0 Å². The Morgan fingerprint density at radius 2 is 2.07 bits per heavy atom. The molecule has 5 heteroatoms. The van der Waals surface area contributed by atoms with Gasteiger partial charge in [0.05, 0.1) is 0 Å². The Balaban J connectivity index is 1.90. The van der Waals surface area contributed by atoms with Crippen LogP contribution in [0.2, 0.25) is 0 Å². The van der Waals surface area contributed by atoms with Crippen LogP contribution in [0.5, 0.6) is 0 Å². The van der Waals surface area contributed by atoms with Crippen molar-refractivity contribution >= 4 is 11.8 Å². The van der Waals surface area contributed by atoms with Gasteiger partial charge in [-0.15, -0.1) is 0 Å². The average Bonchev–Trinajstić information content (AvgIpc) is 2.25. The number of morpholine rings is 1. The largest absolute Gasteiger partial charge is 0.362 e. The van der Waals surface area contributed by atoms with Crippen LogP contribution in [0.3, 0.4) is 0 Å². The molecule has 84 valence electrons. The molecular formula is C10H16N2O3. The monoisotopic (exact) mass is 212 g/mol. The van der Waals surface area contributed by atoms with Gasteiger partial charge in [0.25, 0.3) is 11.8 Å². The summed E-state index contributed by atoms with van der Waals surface area (Å²) < 4.78 is 4.86. The van der Waals surface area contributed by atoms with Gasteiger partial charge in [0.1, 0.15) is 13.2 Å². The van der Waals surface area contributed by atoms with E-state index in [4.69, 9.17) is 4.74 Å². The summed E-state index contributed by atoms with van der Waals surface area (Å²) >= 11 is 0. The first-order chi connectivity index (χ1) is 7.27. The van der Waals surface area contributed by atoms with Crippen molar-refractivity contribution in [2.45, 2.75) is 12.8 Å². The second-order valence-corrected chi connectivity index (χ2v) is 4.10. The number of hydrogen-bond acceptors (Lipinski definition) is 4. The molecule has 5 nitrogen and oxygen atoms in total. The summed E-state index contributed by atoms with van der Waals surface area (Å²) in [6.07, 6.45) is 2.21. The topological polar surface area (TPSA) is 58.6 Å². The zero-order chi connectivity index (χ0) is 10.7. The molecule has 2 aliphatic rings. The lowest BCUT2D eigenvalue weighted by atomic mass is 9.99. The van der Waals surface area contributed by atoms with Crippen LogP contribution >= 0.6 is 0 Å². The lowest BCUT2D eigenvalue weighted by molar-refractivity contribution is -0.159. The third-order valence-corrected chi connectivity index (χ3v) is 2.89. The number of hydrogen-bond donors (Lipinski definition) is 1. The lowest BCUT2D eigenvalue weighted by Gasteiger charge is -2.30. The molecule has 0 radical (unpaired) electrons. The number of rotatable bonds is 2. The Morgan fingerprint density at radius 3 is 2.67 bits per heavy atom. The van der Waals surface area contributed by atoms with Crippen molar-refractivity contribution in [1.82, 2.24) is 10.2 Å². The highest BCUT2D eigenvalue weighted by Gasteiger charge is 2.29. The van der Waals surface area contributed by atoms with Crippen molar-refractivity contribution in [3.63, 3.8) is 0 Å². The molecule has 0 unspecified atom stereocenters. The summed E-state index contributed by atoms with van der Waals surface area (Å²) in [7, 11) is 0. The molecule has 0 saturated carbocycles. The Kier molecular flexibility index (Phi) is 3.33. The van der Waals surface area contributed by atoms with E-state index in [9.17, 15) is 9.59 Å². The van der Waals surface area contributed by atoms with E-state index in [1.54, 1.807) is 0 Å². The van der Waals surface area contributed by atoms with Crippen molar-refractivity contribution in [2.75, 3.05) is 32.8 Å². The van der Waals surface area contributed by atoms with E-state index >= 15 is 0 Å². The van der Waals surface area contributed by atoms with Crippen molar-refractivity contribution in [2.24, 2.45) is 5.92 Å². The zero-order valence-electron chi connectivity index (χ0n) is 8.70. The minimum Gasteiger partial charge on any atom is -0.362 e. The number of carbonyl (C=O) groups is 2. The Hall–Kier alpha value is -0.940. The van der Waals surface area contributed by atoms with Crippen molar-refractivity contribution in [3.05, 3.63) is 0 Å². The molecule has 0 aromatic rings. The molecule has 0 spiro atoms. The van der Waals surface area contributed by atoms with Crippen molar-refractivity contribution in [3.8, 4) is 0 Å². The number of piperidine rings is 1. The Morgan fingerprint density at radius 1 is 1.33 bits per heavy atom. The molecule has 1 N–H and O–H groups in total. The molecule has 2 fully saturated rings. The summed E-state index contributed by atoms with van der Waals surface area (Å²) in [6, 6.07) is 0. The minimum absolute atomic E-state index is 0.0475. The lowest BCUT2D eigenvalue weighted by Crippen LogP contribution is -2.49. The fourth-order valence-corrected chi connectivity index (χ4v) is 2.06. The van der Waals surface area contributed by atoms with Crippen molar-refractivity contribution in [1.29, 1.82) is 0 Å². The van der Waals surface area contributed by atoms with E-state index in [0.29, 0.717) is 12.5 Å². The normalized spacial score (nSPS) is 28.3. The minimum atomic E-state index is -0.197. The quantitative estimate of drug-likeness (QED) is 0.619. The fraction of sp³-hybridized carbons (Fsp3) is 0.800. The van der Waals surface area contributed by atoms with E-state index in [2.05, 4.69) is 5.32 Å². The molecule has 2 saturated heterocycles. The molecule has 0 bridgehead atoms. The predicted molar refractivity (Wildman–Crippen MR) is 53.1 cm³/mol. The van der Waals surface area contributed by atoms with E-state index in [1.165, 1.54) is 4.90 Å². The van der Waals surface area contributed by atoms with Gasteiger partial charge < -0.3 is 10.1 Å². The maximum Gasteiger partial charge on any atom is 0.255 e. The first-order valence-corrected chi connectivity index (χ1v) is 5.39. The Labute approximate surface area is 88.8 Å². The summed E-state index contributed by atoms with van der Waals surface area (Å²) in [5.41, 5.74) is 0. The molecule has 0 aromatic heterocycles. The van der Waals surface area contributed by atoms with Gasteiger partial charge in [-0.25, -0.2) is 0 Å². The summed E-state index contributed by atoms with van der Waals surface area (Å²) in [6.45, 7) is 2.59.